The van der Waals surface area contributed by atoms with Gasteiger partial charge in [0.15, 0.2) is 37.7 Å². The molecule has 12 bridgehead atoms. The summed E-state index contributed by atoms with van der Waals surface area (Å²) in [7, 11) is 0. The topological polar surface area (TPSA) is 493 Å². The van der Waals surface area contributed by atoms with Crippen LogP contribution < -0.4 is 5.32 Å². The van der Waals surface area contributed by atoms with Crippen molar-refractivity contribution in [2.75, 3.05) is 39.6 Å². The Kier molecular flexibility index (Phi) is 19.7. The van der Waals surface area contributed by atoms with E-state index in [2.05, 4.69) is 5.32 Å². The van der Waals surface area contributed by atoms with E-state index in [9.17, 15) is 91.6 Å². The van der Waals surface area contributed by atoms with E-state index in [1.165, 1.54) is 0 Å². The van der Waals surface area contributed by atoms with Crippen molar-refractivity contribution in [3.63, 3.8) is 0 Å². The number of amides is 1. The molecule has 22 saturated heterocycles. The average molecular weight is 1070 g/mol. The van der Waals surface area contributed by atoms with E-state index in [1.54, 1.807) is 20.8 Å². The third-order valence-electron chi connectivity index (χ3n) is 13.3. The Hall–Kier alpha value is -1.89. The van der Waals surface area contributed by atoms with Gasteiger partial charge < -0.3 is 154 Å². The maximum atomic E-state index is 12.8. The van der Waals surface area contributed by atoms with Crippen LogP contribution in [0.1, 0.15) is 20.8 Å². The van der Waals surface area contributed by atoms with Gasteiger partial charge in [-0.2, -0.15) is 0 Å². The van der Waals surface area contributed by atoms with Crippen LogP contribution in [0.2, 0.25) is 0 Å². The lowest BCUT2D eigenvalue weighted by Crippen LogP contribution is -2.69. The van der Waals surface area contributed by atoms with E-state index in [1.807, 2.05) is 0 Å². The van der Waals surface area contributed by atoms with Gasteiger partial charge in [0.2, 0.25) is 0 Å². The predicted octanol–water partition coefficient (Wildman–Crippen LogP) is -11.5. The van der Waals surface area contributed by atoms with Gasteiger partial charge in [-0.15, -0.1) is 0 Å². The van der Waals surface area contributed by atoms with Crippen LogP contribution in [0.15, 0.2) is 0 Å². The average Bonchev–Trinajstić information content (AvgIpc) is 3.35. The quantitative estimate of drug-likeness (QED) is 0.113. The smallest absolute Gasteiger partial charge is 0.407 e. The molecule has 0 saturated carbocycles. The van der Waals surface area contributed by atoms with Gasteiger partial charge in [0.25, 0.3) is 0 Å². The molecular weight excluding hydrogens is 1000 g/mol. The molecule has 32 heteroatoms. The predicted molar refractivity (Wildman–Crippen MR) is 223 cm³/mol. The van der Waals surface area contributed by atoms with Crippen molar-refractivity contribution in [2.24, 2.45) is 0 Å². The van der Waals surface area contributed by atoms with Crippen molar-refractivity contribution < 1.29 is 153 Å². The summed E-state index contributed by atoms with van der Waals surface area (Å²) < 4.78 is 74.3. The second kappa shape index (κ2) is 24.4. The number of hydrogen-bond donors (Lipinski definition) is 18. The number of nitrogens with one attached hydrogen (secondary N) is 1. The zero-order chi connectivity index (χ0) is 53.5. The zero-order valence-corrected chi connectivity index (χ0v) is 39.4. The van der Waals surface area contributed by atoms with E-state index in [0.717, 1.165) is 0 Å². The van der Waals surface area contributed by atoms with E-state index >= 15 is 0 Å². The Bertz CT molecular complexity index is 1740. The molecule has 22 rings (SSSR count). The lowest BCUT2D eigenvalue weighted by molar-refractivity contribution is -0.403. The largest absolute Gasteiger partial charge is 0.444 e. The SMILES string of the molecule is CC(C)(C)OC(=O)NC[C@H]1O[C@@H]2O[C@H]3[C@H](O)[C@@H](O)[C@@H](O[C@H]4[C@H](O)[C@@H](O)[C@@H](O[C@H]5[C@H](O)[C@@H](O)[C@@H](O[C@H]6[C@H](O)[C@@H](O)[C@@H](O[C@H]7[C@H](O)[C@@H](O)[C@@H](O[C@H]1[C@H](O)[C@H]2O)O[C@@H]7CO)O[C@@H]6CO)O[C@@H]5CO)O[C@@H]4CO)O[C@@H]3CO. The minimum absolute atomic E-state index is 0.643. The number of aliphatic hydroxyl groups is 17. The van der Waals surface area contributed by atoms with Crippen LogP contribution in [0.5, 0.6) is 0 Å². The summed E-state index contributed by atoms with van der Waals surface area (Å²) in [6.45, 7) is -1.08. The summed E-state index contributed by atoms with van der Waals surface area (Å²) in [4.78, 5) is 12.8. The molecule has 0 aliphatic carbocycles. The van der Waals surface area contributed by atoms with E-state index in [4.69, 9.17) is 61.6 Å². The molecule has 32 nitrogen and oxygen atoms in total. The fraction of sp³-hybridized carbons (Fsp3) is 0.976. The standard InChI is InChI=1S/C41H69NO31/c1-41(2,3)73-40(60)42-4-10-28-16(48)22(54)34(61-10)68-29-11(5-43)63-36(24(56)18(29)50)70-31-13(7-45)65-38(26(58)20(31)52)72-33-15(9-47)66-39(27(59)21(33)53)71-32-14(8-46)64-37(25(57)19(32)51)69-30-12(6-44)62-35(67-28)23(55)17(30)49/h10-39,43-59H,4-9H2,1-3H3,(H,42,60)/t10-,11-,12-,13-,14-,15-,16-,17-,18-,19-,20-,21-,22-,23-,24-,25-,26-,27-,28-,29-,30-,31-,32-,33-,34-,35-,36-,37-,38-,39-/m1/s1. The highest BCUT2D eigenvalue weighted by Crippen LogP contribution is 2.38. The maximum absolute atomic E-state index is 12.8. The van der Waals surface area contributed by atoms with Crippen molar-refractivity contribution in [1.29, 1.82) is 0 Å². The zero-order valence-electron chi connectivity index (χ0n) is 39.4. The Labute approximate surface area is 414 Å². The highest BCUT2D eigenvalue weighted by Gasteiger charge is 2.59. The summed E-state index contributed by atoms with van der Waals surface area (Å²) in [5.74, 6) is 0. The number of hydrogen-bond acceptors (Lipinski definition) is 31. The first kappa shape index (κ1) is 58.8. The van der Waals surface area contributed by atoms with Crippen molar-refractivity contribution in [3.8, 4) is 0 Å². The molecule has 22 fully saturated rings. The van der Waals surface area contributed by atoms with E-state index in [-0.39, 0.29) is 0 Å². The molecule has 22 heterocycles. The number of carbonyl (C=O) groups excluding carboxylic acids is 1. The lowest BCUT2D eigenvalue weighted by Gasteiger charge is -2.50. The van der Waals surface area contributed by atoms with Gasteiger partial charge >= 0.3 is 6.09 Å². The Morgan fingerprint density at radius 3 is 0.726 bits per heavy atom. The van der Waals surface area contributed by atoms with Crippen LogP contribution in [-0.4, -0.2) is 322 Å². The molecule has 424 valence electrons. The van der Waals surface area contributed by atoms with Crippen LogP contribution in [0.25, 0.3) is 0 Å². The van der Waals surface area contributed by atoms with Crippen molar-refractivity contribution in [1.82, 2.24) is 5.32 Å². The first-order valence-corrected chi connectivity index (χ1v) is 23.5. The summed E-state index contributed by atoms with van der Waals surface area (Å²) in [6, 6.07) is 0. The fourth-order valence-corrected chi connectivity index (χ4v) is 9.44. The van der Waals surface area contributed by atoms with Gasteiger partial charge in [0, 0.05) is 6.54 Å². The number of aliphatic hydroxyl groups excluding tert-OH is 17. The number of alkyl carbamates (subject to hydrolysis) is 1. The molecule has 30 atom stereocenters. The van der Waals surface area contributed by atoms with Gasteiger partial charge in [-0.05, 0) is 20.8 Å². The first-order chi connectivity index (χ1) is 34.5. The minimum atomic E-state index is -2.20. The van der Waals surface area contributed by atoms with Crippen LogP contribution in [0.4, 0.5) is 4.79 Å². The molecule has 0 aromatic rings. The van der Waals surface area contributed by atoms with Crippen LogP contribution in [0.3, 0.4) is 0 Å². The fourth-order valence-electron chi connectivity index (χ4n) is 9.44. The highest BCUT2D eigenvalue weighted by atomic mass is 16.8. The summed E-state index contributed by atoms with van der Waals surface area (Å²) >= 11 is 0. The lowest BCUT2D eigenvalue weighted by atomic mass is 9.94. The molecule has 0 aromatic carbocycles. The van der Waals surface area contributed by atoms with Gasteiger partial charge in [-0.1, -0.05) is 0 Å². The molecule has 1 amide bonds. The van der Waals surface area contributed by atoms with Gasteiger partial charge in [0.1, 0.15) is 152 Å². The normalized spacial score (nSPS) is 51.3. The molecule has 0 spiro atoms. The molecule has 0 unspecified atom stereocenters. The second-order valence-corrected chi connectivity index (χ2v) is 19.5. The summed E-state index contributed by atoms with van der Waals surface area (Å²) in [6.07, 6.45) is -60.4. The van der Waals surface area contributed by atoms with Crippen molar-refractivity contribution in [2.45, 2.75) is 211 Å². The maximum Gasteiger partial charge on any atom is 0.407 e. The van der Waals surface area contributed by atoms with Crippen LogP contribution in [-0.2, 0) is 61.6 Å². The third kappa shape index (κ3) is 12.4. The van der Waals surface area contributed by atoms with E-state index < -0.39 is 236 Å². The van der Waals surface area contributed by atoms with Crippen molar-refractivity contribution in [3.05, 3.63) is 0 Å². The second-order valence-electron chi connectivity index (χ2n) is 19.5. The summed E-state index contributed by atoms with van der Waals surface area (Å²) in [5, 5.41) is 190. The number of ether oxygens (including phenoxy) is 13. The molecular formula is C41H69NO31. The molecule has 22 aliphatic heterocycles. The van der Waals surface area contributed by atoms with E-state index in [0.29, 0.717) is 0 Å². The van der Waals surface area contributed by atoms with Gasteiger partial charge in [-0.3, -0.25) is 0 Å². The van der Waals surface area contributed by atoms with Crippen molar-refractivity contribution >= 4 is 6.09 Å². The Morgan fingerprint density at radius 1 is 0.342 bits per heavy atom. The van der Waals surface area contributed by atoms with Crippen LogP contribution in [0, 0.1) is 0 Å². The molecule has 22 aliphatic rings. The highest BCUT2D eigenvalue weighted by molar-refractivity contribution is 5.67. The molecule has 18 N–H and O–H groups in total. The first-order valence-electron chi connectivity index (χ1n) is 23.5. The molecule has 73 heavy (non-hydrogen) atoms. The molecule has 0 aromatic heterocycles. The van der Waals surface area contributed by atoms with Gasteiger partial charge in [-0.25, -0.2) is 4.79 Å². The monoisotopic (exact) mass is 1070 g/mol. The Morgan fingerprint density at radius 2 is 0.534 bits per heavy atom. The molecule has 0 radical (unpaired) electrons. The summed E-state index contributed by atoms with van der Waals surface area (Å²) in [5.41, 5.74) is -1.02. The number of rotatable bonds is 7. The third-order valence-corrected chi connectivity index (χ3v) is 13.3. The minimum Gasteiger partial charge on any atom is -0.444 e. The Balaban J connectivity index is 1.21. The number of carbonyl (C=O) groups is 1. The van der Waals surface area contributed by atoms with Gasteiger partial charge in [0.05, 0.1) is 33.0 Å². The van der Waals surface area contributed by atoms with Crippen LogP contribution >= 0.6 is 0 Å².